The molecule has 0 aliphatic heterocycles. The van der Waals surface area contributed by atoms with Crippen molar-refractivity contribution < 1.29 is 9.18 Å². The molecular weight excluding hydrogens is 257 g/mol. The van der Waals surface area contributed by atoms with Crippen LogP contribution in [0.3, 0.4) is 0 Å². The summed E-state index contributed by atoms with van der Waals surface area (Å²) in [6.07, 6.45) is 0. The molecule has 2 aromatic carbocycles. The second kappa shape index (κ2) is 5.61. The zero-order chi connectivity index (χ0) is 14.7. The SMILES string of the molecule is CNC(=O)c1ccc(N)c(N(C)c2ccccc2F)c1. The van der Waals surface area contributed by atoms with E-state index in [0.717, 1.165) is 0 Å². The number of halogens is 1. The number of hydrogen-bond acceptors (Lipinski definition) is 3. The maximum Gasteiger partial charge on any atom is 0.251 e. The van der Waals surface area contributed by atoms with Gasteiger partial charge in [-0.2, -0.15) is 0 Å². The molecule has 0 heterocycles. The number of para-hydroxylation sites is 1. The van der Waals surface area contributed by atoms with Crippen LogP contribution in [0.25, 0.3) is 0 Å². The third-order valence-electron chi connectivity index (χ3n) is 3.09. The average Bonchev–Trinajstić information content (AvgIpc) is 2.46. The van der Waals surface area contributed by atoms with Crippen molar-refractivity contribution in [2.75, 3.05) is 24.7 Å². The number of benzene rings is 2. The Morgan fingerprint density at radius 3 is 2.55 bits per heavy atom. The first-order chi connectivity index (χ1) is 9.54. The largest absolute Gasteiger partial charge is 0.397 e. The van der Waals surface area contributed by atoms with Crippen molar-refractivity contribution in [3.63, 3.8) is 0 Å². The van der Waals surface area contributed by atoms with Gasteiger partial charge in [-0.15, -0.1) is 0 Å². The summed E-state index contributed by atoms with van der Waals surface area (Å²) in [5, 5.41) is 2.55. The van der Waals surface area contributed by atoms with Crippen molar-refractivity contribution in [1.29, 1.82) is 0 Å². The molecule has 104 valence electrons. The minimum absolute atomic E-state index is 0.215. The van der Waals surface area contributed by atoms with Gasteiger partial charge in [-0.1, -0.05) is 12.1 Å². The van der Waals surface area contributed by atoms with Crippen molar-refractivity contribution in [3.05, 3.63) is 53.8 Å². The highest BCUT2D eigenvalue weighted by Crippen LogP contribution is 2.31. The van der Waals surface area contributed by atoms with E-state index in [2.05, 4.69) is 5.32 Å². The minimum atomic E-state index is -0.347. The van der Waals surface area contributed by atoms with E-state index >= 15 is 0 Å². The maximum absolute atomic E-state index is 13.8. The molecule has 5 heteroatoms. The van der Waals surface area contributed by atoms with Crippen LogP contribution in [0.1, 0.15) is 10.4 Å². The Balaban J connectivity index is 2.46. The molecule has 0 aliphatic carbocycles. The standard InChI is InChI=1S/C15H16FN3O/c1-18-15(20)10-7-8-12(17)14(9-10)19(2)13-6-4-3-5-11(13)16/h3-9H,17H2,1-2H3,(H,18,20). The van der Waals surface area contributed by atoms with Crippen LogP contribution in [-0.4, -0.2) is 20.0 Å². The number of nitrogen functional groups attached to an aromatic ring is 1. The number of nitrogens with zero attached hydrogens (tertiary/aromatic N) is 1. The van der Waals surface area contributed by atoms with Crippen LogP contribution in [0.4, 0.5) is 21.5 Å². The Morgan fingerprint density at radius 2 is 1.90 bits per heavy atom. The second-order valence-corrected chi connectivity index (χ2v) is 4.36. The van der Waals surface area contributed by atoms with Gasteiger partial charge in [0.1, 0.15) is 5.82 Å². The molecule has 1 amide bonds. The summed E-state index contributed by atoms with van der Waals surface area (Å²) in [7, 11) is 3.26. The van der Waals surface area contributed by atoms with Crippen LogP contribution in [0.2, 0.25) is 0 Å². The summed E-state index contributed by atoms with van der Waals surface area (Å²) in [5.74, 6) is -0.562. The first kappa shape index (κ1) is 13.9. The Labute approximate surface area is 117 Å². The van der Waals surface area contributed by atoms with Crippen molar-refractivity contribution in [3.8, 4) is 0 Å². The Bertz CT molecular complexity index is 643. The number of nitrogens with one attached hydrogen (secondary N) is 1. The highest BCUT2D eigenvalue weighted by Gasteiger charge is 2.14. The van der Waals surface area contributed by atoms with Gasteiger partial charge in [0.05, 0.1) is 17.1 Å². The van der Waals surface area contributed by atoms with Crippen LogP contribution in [0.5, 0.6) is 0 Å². The summed E-state index contributed by atoms with van der Waals surface area (Å²) in [5.41, 5.74) is 7.85. The average molecular weight is 273 g/mol. The molecule has 0 saturated heterocycles. The first-order valence-electron chi connectivity index (χ1n) is 6.14. The predicted octanol–water partition coefficient (Wildman–Crippen LogP) is 2.54. The predicted molar refractivity (Wildman–Crippen MR) is 78.7 cm³/mol. The number of hydrogen-bond donors (Lipinski definition) is 2. The van der Waals surface area contributed by atoms with Gasteiger partial charge in [-0.05, 0) is 30.3 Å². The van der Waals surface area contributed by atoms with Crippen LogP contribution >= 0.6 is 0 Å². The van der Waals surface area contributed by atoms with Gasteiger partial charge in [0.15, 0.2) is 0 Å². The lowest BCUT2D eigenvalue weighted by atomic mass is 10.1. The smallest absolute Gasteiger partial charge is 0.251 e. The molecule has 0 radical (unpaired) electrons. The summed E-state index contributed by atoms with van der Waals surface area (Å²) < 4.78 is 13.8. The van der Waals surface area contributed by atoms with Crippen molar-refractivity contribution in [2.45, 2.75) is 0 Å². The van der Waals surface area contributed by atoms with Gasteiger partial charge in [0.2, 0.25) is 0 Å². The number of carbonyl (C=O) groups excluding carboxylic acids is 1. The summed E-state index contributed by atoms with van der Waals surface area (Å²) in [6.45, 7) is 0. The van der Waals surface area contributed by atoms with Crippen LogP contribution in [0, 0.1) is 5.82 Å². The fraction of sp³-hybridized carbons (Fsp3) is 0.133. The van der Waals surface area contributed by atoms with Crippen LogP contribution in [0.15, 0.2) is 42.5 Å². The second-order valence-electron chi connectivity index (χ2n) is 4.36. The number of amides is 1. The van der Waals surface area contributed by atoms with Crippen molar-refractivity contribution >= 4 is 23.0 Å². The minimum Gasteiger partial charge on any atom is -0.397 e. The molecule has 3 N–H and O–H groups in total. The quantitative estimate of drug-likeness (QED) is 0.845. The molecule has 0 aromatic heterocycles. The zero-order valence-electron chi connectivity index (χ0n) is 11.4. The normalized spacial score (nSPS) is 10.2. The van der Waals surface area contributed by atoms with E-state index in [-0.39, 0.29) is 11.7 Å². The zero-order valence-corrected chi connectivity index (χ0v) is 11.4. The number of anilines is 3. The van der Waals surface area contributed by atoms with E-state index < -0.39 is 0 Å². The lowest BCUT2D eigenvalue weighted by Gasteiger charge is -2.22. The third kappa shape index (κ3) is 2.56. The molecule has 20 heavy (non-hydrogen) atoms. The van der Waals surface area contributed by atoms with Gasteiger partial charge < -0.3 is 16.0 Å². The molecule has 0 saturated carbocycles. The third-order valence-corrected chi connectivity index (χ3v) is 3.09. The van der Waals surface area contributed by atoms with Gasteiger partial charge >= 0.3 is 0 Å². The first-order valence-corrected chi connectivity index (χ1v) is 6.14. The molecule has 0 unspecified atom stereocenters. The van der Waals surface area contributed by atoms with Gasteiger partial charge in [0.25, 0.3) is 5.91 Å². The Kier molecular flexibility index (Phi) is 3.89. The number of nitrogens with two attached hydrogens (primary N) is 1. The van der Waals surface area contributed by atoms with E-state index in [1.807, 2.05) is 0 Å². The number of carbonyl (C=O) groups is 1. The fourth-order valence-corrected chi connectivity index (χ4v) is 1.97. The topological polar surface area (TPSA) is 58.4 Å². The molecule has 2 aromatic rings. The van der Waals surface area contributed by atoms with E-state index in [0.29, 0.717) is 22.6 Å². The highest BCUT2D eigenvalue weighted by molar-refractivity contribution is 5.96. The molecule has 0 fully saturated rings. The lowest BCUT2D eigenvalue weighted by molar-refractivity contribution is 0.0963. The van der Waals surface area contributed by atoms with Gasteiger partial charge in [-0.25, -0.2) is 4.39 Å². The Hall–Kier alpha value is -2.56. The molecule has 0 atom stereocenters. The molecule has 0 bridgehead atoms. The molecule has 4 nitrogen and oxygen atoms in total. The van der Waals surface area contributed by atoms with Gasteiger partial charge in [-0.3, -0.25) is 4.79 Å². The van der Waals surface area contributed by atoms with E-state index in [4.69, 9.17) is 5.73 Å². The van der Waals surface area contributed by atoms with Gasteiger partial charge in [0, 0.05) is 19.7 Å². The van der Waals surface area contributed by atoms with E-state index in [1.54, 1.807) is 55.4 Å². The van der Waals surface area contributed by atoms with Crippen LogP contribution < -0.4 is 16.0 Å². The van der Waals surface area contributed by atoms with Crippen LogP contribution in [-0.2, 0) is 0 Å². The Morgan fingerprint density at radius 1 is 1.20 bits per heavy atom. The summed E-state index contributed by atoms with van der Waals surface area (Å²) in [4.78, 5) is 13.3. The maximum atomic E-state index is 13.8. The lowest BCUT2D eigenvalue weighted by Crippen LogP contribution is -2.19. The monoisotopic (exact) mass is 273 g/mol. The fourth-order valence-electron chi connectivity index (χ4n) is 1.97. The highest BCUT2D eigenvalue weighted by atomic mass is 19.1. The number of rotatable bonds is 3. The summed E-state index contributed by atoms with van der Waals surface area (Å²) >= 11 is 0. The van der Waals surface area contributed by atoms with E-state index in [1.165, 1.54) is 6.07 Å². The summed E-state index contributed by atoms with van der Waals surface area (Å²) in [6, 6.07) is 11.3. The van der Waals surface area contributed by atoms with Crippen molar-refractivity contribution in [1.82, 2.24) is 5.32 Å². The van der Waals surface area contributed by atoms with E-state index in [9.17, 15) is 9.18 Å². The molecule has 2 rings (SSSR count). The molecule has 0 aliphatic rings. The molecular formula is C15H16FN3O. The van der Waals surface area contributed by atoms with Crippen molar-refractivity contribution in [2.24, 2.45) is 0 Å². The molecule has 0 spiro atoms.